The maximum absolute atomic E-state index is 11.6. The fraction of sp³-hybridized carbons (Fsp3) is 0.600. The standard InChI is InChI=1S/C10H17N3O2/c1-7(2)8-6-9(11-15-8)13(5)10(14)12(3)4/h6-7H,1-5H3. The van der Waals surface area contributed by atoms with Crippen LogP contribution in [0.1, 0.15) is 25.5 Å². The number of urea groups is 1. The van der Waals surface area contributed by atoms with Crippen LogP contribution in [0.15, 0.2) is 10.6 Å². The third kappa shape index (κ3) is 2.49. The highest BCUT2D eigenvalue weighted by molar-refractivity contribution is 5.89. The monoisotopic (exact) mass is 211 g/mol. The highest BCUT2D eigenvalue weighted by atomic mass is 16.5. The lowest BCUT2D eigenvalue weighted by Gasteiger charge is -2.18. The Kier molecular flexibility index (Phi) is 3.34. The molecular weight excluding hydrogens is 194 g/mol. The maximum atomic E-state index is 11.6. The number of aromatic nitrogens is 1. The summed E-state index contributed by atoms with van der Waals surface area (Å²) in [4.78, 5) is 14.5. The Morgan fingerprint density at radius 1 is 1.40 bits per heavy atom. The second-order valence-electron chi connectivity index (χ2n) is 3.98. The van der Waals surface area contributed by atoms with Crippen molar-refractivity contribution in [3.8, 4) is 0 Å². The van der Waals surface area contributed by atoms with Gasteiger partial charge in [0.2, 0.25) is 0 Å². The number of rotatable bonds is 2. The molecule has 2 amide bonds. The number of carbonyl (C=O) groups is 1. The van der Waals surface area contributed by atoms with Crippen LogP contribution in [0.5, 0.6) is 0 Å². The lowest BCUT2D eigenvalue weighted by atomic mass is 10.2. The van der Waals surface area contributed by atoms with Crippen LogP contribution in [-0.2, 0) is 0 Å². The van der Waals surface area contributed by atoms with E-state index in [4.69, 9.17) is 4.52 Å². The molecule has 1 rings (SSSR count). The predicted molar refractivity (Wildman–Crippen MR) is 58.1 cm³/mol. The minimum Gasteiger partial charge on any atom is -0.359 e. The van der Waals surface area contributed by atoms with Gasteiger partial charge in [-0.15, -0.1) is 0 Å². The first-order valence-electron chi connectivity index (χ1n) is 4.85. The number of hydrogen-bond acceptors (Lipinski definition) is 3. The summed E-state index contributed by atoms with van der Waals surface area (Å²) in [5.41, 5.74) is 0. The van der Waals surface area contributed by atoms with Crippen LogP contribution in [0, 0.1) is 0 Å². The summed E-state index contributed by atoms with van der Waals surface area (Å²) in [7, 11) is 5.06. The van der Waals surface area contributed by atoms with E-state index in [2.05, 4.69) is 5.16 Å². The molecular formula is C10H17N3O2. The molecule has 0 aliphatic rings. The largest absolute Gasteiger partial charge is 0.359 e. The van der Waals surface area contributed by atoms with Crippen LogP contribution in [0.3, 0.4) is 0 Å². The van der Waals surface area contributed by atoms with Crippen molar-refractivity contribution in [1.29, 1.82) is 0 Å². The number of amides is 2. The van der Waals surface area contributed by atoms with E-state index in [0.717, 1.165) is 5.76 Å². The van der Waals surface area contributed by atoms with Crippen LogP contribution in [0.2, 0.25) is 0 Å². The lowest BCUT2D eigenvalue weighted by Crippen LogP contribution is -2.36. The van der Waals surface area contributed by atoms with Gasteiger partial charge in [0.1, 0.15) is 5.76 Å². The third-order valence-corrected chi connectivity index (χ3v) is 2.10. The van der Waals surface area contributed by atoms with Crippen LogP contribution >= 0.6 is 0 Å². The average Bonchev–Trinajstić information content (AvgIpc) is 2.64. The molecule has 1 aromatic heterocycles. The van der Waals surface area contributed by atoms with Crippen molar-refractivity contribution < 1.29 is 9.32 Å². The van der Waals surface area contributed by atoms with Gasteiger partial charge in [-0.3, -0.25) is 4.90 Å². The second kappa shape index (κ2) is 4.33. The molecule has 0 saturated carbocycles. The van der Waals surface area contributed by atoms with E-state index < -0.39 is 0 Å². The van der Waals surface area contributed by atoms with Gasteiger partial charge in [-0.1, -0.05) is 19.0 Å². The van der Waals surface area contributed by atoms with E-state index in [9.17, 15) is 4.79 Å². The Hall–Kier alpha value is -1.52. The molecule has 0 aliphatic heterocycles. The Bertz CT molecular complexity index is 344. The minimum atomic E-state index is -0.126. The van der Waals surface area contributed by atoms with E-state index in [1.807, 2.05) is 13.8 Å². The highest BCUT2D eigenvalue weighted by Gasteiger charge is 2.17. The average molecular weight is 211 g/mol. The van der Waals surface area contributed by atoms with Gasteiger partial charge in [-0.25, -0.2) is 4.79 Å². The topological polar surface area (TPSA) is 49.6 Å². The van der Waals surface area contributed by atoms with Gasteiger partial charge < -0.3 is 9.42 Å². The van der Waals surface area contributed by atoms with Gasteiger partial charge in [0.25, 0.3) is 0 Å². The molecule has 0 bridgehead atoms. The van der Waals surface area contributed by atoms with Crippen LogP contribution in [0.4, 0.5) is 10.6 Å². The Balaban J connectivity index is 2.83. The smallest absolute Gasteiger partial charge is 0.324 e. The first kappa shape index (κ1) is 11.6. The van der Waals surface area contributed by atoms with Gasteiger partial charge in [-0.05, 0) is 0 Å². The Morgan fingerprint density at radius 3 is 2.40 bits per heavy atom. The SMILES string of the molecule is CC(C)c1cc(N(C)C(=O)N(C)C)no1. The van der Waals surface area contributed by atoms with Gasteiger partial charge in [0, 0.05) is 33.1 Å². The maximum Gasteiger partial charge on any atom is 0.324 e. The summed E-state index contributed by atoms with van der Waals surface area (Å²) in [6, 6.07) is 1.66. The van der Waals surface area contributed by atoms with E-state index in [0.29, 0.717) is 5.82 Å². The fourth-order valence-corrected chi connectivity index (χ4v) is 1.11. The number of nitrogens with zero attached hydrogens (tertiary/aromatic N) is 3. The van der Waals surface area contributed by atoms with Gasteiger partial charge in [0.15, 0.2) is 5.82 Å². The second-order valence-corrected chi connectivity index (χ2v) is 3.98. The highest BCUT2D eigenvalue weighted by Crippen LogP contribution is 2.20. The van der Waals surface area contributed by atoms with E-state index in [1.165, 1.54) is 9.80 Å². The first-order chi connectivity index (χ1) is 6.93. The van der Waals surface area contributed by atoms with E-state index in [1.54, 1.807) is 27.2 Å². The van der Waals surface area contributed by atoms with Crippen molar-refractivity contribution in [2.24, 2.45) is 0 Å². The lowest BCUT2D eigenvalue weighted by molar-refractivity contribution is 0.224. The molecule has 5 heteroatoms. The van der Waals surface area contributed by atoms with Gasteiger partial charge in [0.05, 0.1) is 0 Å². The molecule has 0 atom stereocenters. The van der Waals surface area contributed by atoms with Gasteiger partial charge in [-0.2, -0.15) is 0 Å². The summed E-state index contributed by atoms with van der Waals surface area (Å²) >= 11 is 0. The predicted octanol–water partition coefficient (Wildman–Crippen LogP) is 1.92. The van der Waals surface area contributed by atoms with E-state index >= 15 is 0 Å². The van der Waals surface area contributed by atoms with Crippen molar-refractivity contribution in [1.82, 2.24) is 10.1 Å². The summed E-state index contributed by atoms with van der Waals surface area (Å²) in [6.07, 6.45) is 0. The summed E-state index contributed by atoms with van der Waals surface area (Å²) in [5.74, 6) is 1.59. The molecule has 0 aliphatic carbocycles. The summed E-state index contributed by atoms with van der Waals surface area (Å²) < 4.78 is 5.11. The minimum absolute atomic E-state index is 0.126. The normalized spacial score (nSPS) is 10.5. The molecule has 84 valence electrons. The van der Waals surface area contributed by atoms with Crippen molar-refractivity contribution in [2.75, 3.05) is 26.0 Å². The van der Waals surface area contributed by atoms with Crippen LogP contribution < -0.4 is 4.90 Å². The van der Waals surface area contributed by atoms with E-state index in [-0.39, 0.29) is 11.9 Å². The first-order valence-corrected chi connectivity index (χ1v) is 4.85. The van der Waals surface area contributed by atoms with Crippen molar-refractivity contribution >= 4 is 11.8 Å². The number of anilines is 1. The molecule has 5 nitrogen and oxygen atoms in total. The molecule has 0 saturated heterocycles. The summed E-state index contributed by atoms with van der Waals surface area (Å²) in [5, 5.41) is 3.84. The molecule has 0 spiro atoms. The molecule has 15 heavy (non-hydrogen) atoms. The zero-order chi connectivity index (χ0) is 11.6. The quantitative estimate of drug-likeness (QED) is 0.750. The number of hydrogen-bond donors (Lipinski definition) is 0. The molecule has 0 radical (unpaired) electrons. The molecule has 1 aromatic rings. The zero-order valence-corrected chi connectivity index (χ0v) is 9.81. The van der Waals surface area contributed by atoms with Crippen LogP contribution in [-0.4, -0.2) is 37.2 Å². The zero-order valence-electron chi connectivity index (χ0n) is 9.81. The van der Waals surface area contributed by atoms with Gasteiger partial charge >= 0.3 is 6.03 Å². The summed E-state index contributed by atoms with van der Waals surface area (Å²) in [6.45, 7) is 4.02. The molecule has 0 aromatic carbocycles. The third-order valence-electron chi connectivity index (χ3n) is 2.10. The number of carbonyl (C=O) groups excluding carboxylic acids is 1. The van der Waals surface area contributed by atoms with Crippen molar-refractivity contribution in [3.63, 3.8) is 0 Å². The molecule has 0 fully saturated rings. The van der Waals surface area contributed by atoms with Crippen molar-refractivity contribution in [3.05, 3.63) is 11.8 Å². The molecule has 0 N–H and O–H groups in total. The molecule has 0 unspecified atom stereocenters. The van der Waals surface area contributed by atoms with Crippen LogP contribution in [0.25, 0.3) is 0 Å². The molecule has 1 heterocycles. The fourth-order valence-electron chi connectivity index (χ4n) is 1.11. The van der Waals surface area contributed by atoms with Crippen molar-refractivity contribution in [2.45, 2.75) is 19.8 Å². The Labute approximate surface area is 89.6 Å². The Morgan fingerprint density at radius 2 is 2.00 bits per heavy atom.